The first kappa shape index (κ1) is 18.6. The molecule has 0 N–H and O–H groups in total. The van der Waals surface area contributed by atoms with Crippen molar-refractivity contribution >= 4 is 10.0 Å². The minimum Gasteiger partial charge on any atom is -0.282 e. The van der Waals surface area contributed by atoms with E-state index < -0.39 is 10.0 Å². The highest BCUT2D eigenvalue weighted by Crippen LogP contribution is 2.24. The van der Waals surface area contributed by atoms with Gasteiger partial charge in [-0.2, -0.15) is 9.57 Å². The standard InChI is InChI=1S/C20H23N3O2S/c1-2-17-8-10-19(11-9-17)26(24,25)23-14-12-22(13-15-23)20(16-21)18-6-4-3-5-7-18/h3-11,20H,2,12-15H2,1H3. The molecule has 1 atom stereocenters. The van der Waals surface area contributed by atoms with Gasteiger partial charge in [0.25, 0.3) is 0 Å². The Labute approximate surface area is 155 Å². The number of hydrogen-bond acceptors (Lipinski definition) is 4. The second kappa shape index (κ2) is 8.00. The van der Waals surface area contributed by atoms with Crippen molar-refractivity contribution in [2.75, 3.05) is 26.2 Å². The summed E-state index contributed by atoms with van der Waals surface area (Å²) < 4.78 is 27.2. The van der Waals surface area contributed by atoms with E-state index in [1.807, 2.05) is 54.3 Å². The fourth-order valence-corrected chi connectivity index (χ4v) is 4.67. The molecule has 136 valence electrons. The molecule has 1 heterocycles. The third-order valence-corrected chi connectivity index (χ3v) is 6.76. The van der Waals surface area contributed by atoms with Crippen molar-refractivity contribution in [3.8, 4) is 6.07 Å². The van der Waals surface area contributed by atoms with E-state index in [0.29, 0.717) is 31.1 Å². The Hall–Kier alpha value is -2.20. The lowest BCUT2D eigenvalue weighted by molar-refractivity contribution is 0.162. The van der Waals surface area contributed by atoms with Crippen LogP contribution in [0.15, 0.2) is 59.5 Å². The molecule has 0 aromatic heterocycles. The molecule has 0 saturated carbocycles. The number of sulfonamides is 1. The zero-order valence-electron chi connectivity index (χ0n) is 14.9. The third-order valence-electron chi connectivity index (χ3n) is 4.85. The van der Waals surface area contributed by atoms with Crippen molar-refractivity contribution in [1.29, 1.82) is 5.26 Å². The molecule has 1 unspecified atom stereocenters. The third kappa shape index (κ3) is 3.80. The maximum atomic E-state index is 12.8. The first-order chi connectivity index (χ1) is 12.6. The molecule has 0 aliphatic carbocycles. The SMILES string of the molecule is CCc1ccc(S(=O)(=O)N2CCN(C(C#N)c3ccccc3)CC2)cc1. The molecule has 26 heavy (non-hydrogen) atoms. The van der Waals surface area contributed by atoms with Crippen molar-refractivity contribution in [3.63, 3.8) is 0 Å². The second-order valence-electron chi connectivity index (χ2n) is 6.38. The van der Waals surface area contributed by atoms with Gasteiger partial charge in [-0.15, -0.1) is 0 Å². The number of benzene rings is 2. The summed E-state index contributed by atoms with van der Waals surface area (Å²) in [7, 11) is -3.48. The summed E-state index contributed by atoms with van der Waals surface area (Å²) in [6, 6.07) is 18.7. The molecule has 2 aromatic rings. The van der Waals surface area contributed by atoms with Crippen molar-refractivity contribution in [2.24, 2.45) is 0 Å². The number of rotatable bonds is 5. The van der Waals surface area contributed by atoms with E-state index in [4.69, 9.17) is 0 Å². The Kier molecular flexibility index (Phi) is 5.72. The summed E-state index contributed by atoms with van der Waals surface area (Å²) in [6.45, 7) is 3.91. The van der Waals surface area contributed by atoms with Crippen LogP contribution in [0.1, 0.15) is 24.1 Å². The van der Waals surface area contributed by atoms with Gasteiger partial charge >= 0.3 is 0 Å². The van der Waals surface area contributed by atoms with E-state index in [0.717, 1.165) is 17.5 Å². The second-order valence-corrected chi connectivity index (χ2v) is 8.32. The van der Waals surface area contributed by atoms with Crippen LogP contribution in [0, 0.1) is 11.3 Å². The quantitative estimate of drug-likeness (QED) is 0.813. The summed E-state index contributed by atoms with van der Waals surface area (Å²) in [5.41, 5.74) is 2.06. The predicted octanol–water partition coefficient (Wildman–Crippen LogP) is 2.82. The maximum Gasteiger partial charge on any atom is 0.243 e. The molecule has 3 rings (SSSR count). The Bertz CT molecular complexity index is 866. The van der Waals surface area contributed by atoms with Crippen molar-refractivity contribution < 1.29 is 8.42 Å². The molecule has 0 bridgehead atoms. The summed E-state index contributed by atoms with van der Waals surface area (Å²) in [5, 5.41) is 9.56. The first-order valence-electron chi connectivity index (χ1n) is 8.84. The van der Waals surface area contributed by atoms with Crippen molar-refractivity contribution in [3.05, 3.63) is 65.7 Å². The van der Waals surface area contributed by atoms with Gasteiger partial charge in [0.1, 0.15) is 6.04 Å². The van der Waals surface area contributed by atoms with Gasteiger partial charge in [-0.3, -0.25) is 4.90 Å². The average Bonchev–Trinajstić information content (AvgIpc) is 2.70. The minimum atomic E-state index is -3.48. The van der Waals surface area contributed by atoms with Gasteiger partial charge in [-0.1, -0.05) is 49.4 Å². The number of aryl methyl sites for hydroxylation is 1. The van der Waals surface area contributed by atoms with Crippen LogP contribution in [0.2, 0.25) is 0 Å². The van der Waals surface area contributed by atoms with Crippen molar-refractivity contribution in [1.82, 2.24) is 9.21 Å². The van der Waals surface area contributed by atoms with Crippen molar-refractivity contribution in [2.45, 2.75) is 24.3 Å². The lowest BCUT2D eigenvalue weighted by Crippen LogP contribution is -2.49. The topological polar surface area (TPSA) is 64.4 Å². The van der Waals surface area contributed by atoms with Gasteiger partial charge in [-0.05, 0) is 29.7 Å². The number of nitrogens with zero attached hydrogens (tertiary/aromatic N) is 3. The van der Waals surface area contributed by atoms with E-state index in [2.05, 4.69) is 6.07 Å². The molecule has 1 fully saturated rings. The summed E-state index contributed by atoms with van der Waals surface area (Å²) in [6.07, 6.45) is 0.883. The van der Waals surface area contributed by atoms with Gasteiger partial charge in [0.15, 0.2) is 0 Å². The molecule has 6 heteroatoms. The highest BCUT2D eigenvalue weighted by Gasteiger charge is 2.31. The summed E-state index contributed by atoms with van der Waals surface area (Å²) >= 11 is 0. The molecule has 0 spiro atoms. The van der Waals surface area contributed by atoms with Gasteiger partial charge in [0, 0.05) is 26.2 Å². The van der Waals surface area contributed by atoms with E-state index in [1.165, 1.54) is 4.31 Å². The van der Waals surface area contributed by atoms with Crippen LogP contribution in [0.5, 0.6) is 0 Å². The van der Waals surface area contributed by atoms with Crippen LogP contribution in [0.25, 0.3) is 0 Å². The Balaban J connectivity index is 1.70. The fourth-order valence-electron chi connectivity index (χ4n) is 3.25. The van der Waals surface area contributed by atoms with Crippen LogP contribution in [0.3, 0.4) is 0 Å². The zero-order chi connectivity index (χ0) is 18.6. The summed E-state index contributed by atoms with van der Waals surface area (Å²) in [5.74, 6) is 0. The highest BCUT2D eigenvalue weighted by molar-refractivity contribution is 7.89. The molecule has 1 saturated heterocycles. The maximum absolute atomic E-state index is 12.8. The predicted molar refractivity (Wildman–Crippen MR) is 101 cm³/mol. The number of piperazine rings is 1. The fraction of sp³-hybridized carbons (Fsp3) is 0.350. The van der Waals surface area contributed by atoms with Gasteiger partial charge in [0.2, 0.25) is 10.0 Å². The average molecular weight is 369 g/mol. The van der Waals surface area contributed by atoms with Gasteiger partial charge in [0.05, 0.1) is 11.0 Å². The first-order valence-corrected chi connectivity index (χ1v) is 10.3. The molecule has 5 nitrogen and oxygen atoms in total. The Morgan fingerprint density at radius 3 is 2.15 bits per heavy atom. The van der Waals surface area contributed by atoms with E-state index in [-0.39, 0.29) is 6.04 Å². The van der Waals surface area contributed by atoms with Gasteiger partial charge in [-0.25, -0.2) is 8.42 Å². The van der Waals surface area contributed by atoms with Crippen LogP contribution in [-0.4, -0.2) is 43.8 Å². The molecule has 2 aromatic carbocycles. The number of nitriles is 1. The monoisotopic (exact) mass is 369 g/mol. The molecular weight excluding hydrogens is 346 g/mol. The smallest absolute Gasteiger partial charge is 0.243 e. The van der Waals surface area contributed by atoms with Crippen LogP contribution in [0.4, 0.5) is 0 Å². The Morgan fingerprint density at radius 1 is 1.00 bits per heavy atom. The van der Waals surface area contributed by atoms with Crippen LogP contribution >= 0.6 is 0 Å². The molecular formula is C20H23N3O2S. The summed E-state index contributed by atoms with van der Waals surface area (Å²) in [4.78, 5) is 2.38. The zero-order valence-corrected chi connectivity index (χ0v) is 15.7. The van der Waals surface area contributed by atoms with E-state index in [1.54, 1.807) is 12.1 Å². The normalized spacial score (nSPS) is 17.5. The van der Waals surface area contributed by atoms with Crippen LogP contribution in [-0.2, 0) is 16.4 Å². The Morgan fingerprint density at radius 2 is 1.62 bits per heavy atom. The molecule has 1 aliphatic rings. The molecule has 0 radical (unpaired) electrons. The van der Waals surface area contributed by atoms with E-state index in [9.17, 15) is 13.7 Å². The lowest BCUT2D eigenvalue weighted by Gasteiger charge is -2.36. The largest absolute Gasteiger partial charge is 0.282 e. The highest BCUT2D eigenvalue weighted by atomic mass is 32.2. The molecule has 1 aliphatic heterocycles. The van der Waals surface area contributed by atoms with Crippen LogP contribution < -0.4 is 0 Å². The van der Waals surface area contributed by atoms with E-state index >= 15 is 0 Å². The number of hydrogen-bond donors (Lipinski definition) is 0. The molecule has 0 amide bonds. The lowest BCUT2D eigenvalue weighted by atomic mass is 10.1. The van der Waals surface area contributed by atoms with Gasteiger partial charge < -0.3 is 0 Å². The minimum absolute atomic E-state index is 0.336.